The van der Waals surface area contributed by atoms with E-state index in [9.17, 15) is 9.59 Å². The minimum Gasteiger partial charge on any atom is -0.491 e. The van der Waals surface area contributed by atoms with Gasteiger partial charge in [-0.2, -0.15) is 11.8 Å². The van der Waals surface area contributed by atoms with Gasteiger partial charge in [0.15, 0.2) is 5.13 Å². The molecule has 0 aliphatic rings. The molecule has 0 saturated carbocycles. The Morgan fingerprint density at radius 2 is 1.85 bits per heavy atom. The summed E-state index contributed by atoms with van der Waals surface area (Å²) in [6.07, 6.45) is 0.319. The van der Waals surface area contributed by atoms with Crippen LogP contribution in [-0.4, -0.2) is 35.3 Å². The lowest BCUT2D eigenvalue weighted by molar-refractivity contribution is -0.142. The van der Waals surface area contributed by atoms with Crippen LogP contribution >= 0.6 is 23.1 Å². The Hall–Kier alpha value is -3.04. The number of nitrogens with one attached hydrogen (secondary N) is 1. The summed E-state index contributed by atoms with van der Waals surface area (Å²) in [4.78, 5) is 28.8. The number of hydrogen-bond acceptors (Lipinski definition) is 8. The minimum atomic E-state index is -0.303. The summed E-state index contributed by atoms with van der Waals surface area (Å²) in [5.41, 5.74) is 1.25. The molecule has 1 aromatic heterocycles. The summed E-state index contributed by atoms with van der Waals surface area (Å²) >= 11 is 2.95. The lowest BCUT2D eigenvalue weighted by Gasteiger charge is -2.14. The molecule has 0 spiro atoms. The fourth-order valence-electron chi connectivity index (χ4n) is 2.89. The number of amides is 1. The van der Waals surface area contributed by atoms with Crippen molar-refractivity contribution < 1.29 is 23.8 Å². The molecule has 7 nitrogen and oxygen atoms in total. The number of ether oxygens (including phenoxy) is 3. The van der Waals surface area contributed by atoms with Crippen LogP contribution < -0.4 is 14.8 Å². The largest absolute Gasteiger partial charge is 0.491 e. The standard InChI is InChI=1S/C25H28N2O5S2/c1-4-30-23(28)10-11-33-15-19-16-34-25(26-19)27-24(29)18-12-21(31-17(2)3)14-22(13-18)32-20-8-6-5-7-9-20/h5-9,12-14,16-17H,4,10-11,15H2,1-3H3,(H,26,27,29). The van der Waals surface area contributed by atoms with Gasteiger partial charge in [-0.25, -0.2) is 4.98 Å². The van der Waals surface area contributed by atoms with E-state index in [1.807, 2.05) is 49.6 Å². The first-order chi connectivity index (χ1) is 16.4. The number of carbonyl (C=O) groups excluding carboxylic acids is 2. The van der Waals surface area contributed by atoms with E-state index in [0.717, 1.165) is 5.69 Å². The van der Waals surface area contributed by atoms with Crippen molar-refractivity contribution in [1.82, 2.24) is 4.98 Å². The van der Waals surface area contributed by atoms with Crippen LogP contribution in [0.15, 0.2) is 53.9 Å². The zero-order valence-electron chi connectivity index (χ0n) is 19.4. The fourth-order valence-corrected chi connectivity index (χ4v) is 4.52. The smallest absolute Gasteiger partial charge is 0.306 e. The first-order valence-corrected chi connectivity index (χ1v) is 13.0. The monoisotopic (exact) mass is 500 g/mol. The number of benzene rings is 2. The van der Waals surface area contributed by atoms with E-state index < -0.39 is 0 Å². The maximum atomic E-state index is 13.0. The van der Waals surface area contributed by atoms with E-state index in [1.165, 1.54) is 11.3 Å². The number of aromatic nitrogens is 1. The van der Waals surface area contributed by atoms with E-state index in [2.05, 4.69) is 10.3 Å². The van der Waals surface area contributed by atoms with Gasteiger partial charge in [0.25, 0.3) is 5.91 Å². The number of thioether (sulfide) groups is 1. The van der Waals surface area contributed by atoms with Gasteiger partial charge < -0.3 is 14.2 Å². The molecule has 2 aromatic carbocycles. The average molecular weight is 501 g/mol. The van der Waals surface area contributed by atoms with Crippen LogP contribution in [0.3, 0.4) is 0 Å². The number of anilines is 1. The fraction of sp³-hybridized carbons (Fsp3) is 0.320. The van der Waals surface area contributed by atoms with Crippen molar-refractivity contribution in [2.75, 3.05) is 17.7 Å². The van der Waals surface area contributed by atoms with Crippen molar-refractivity contribution in [3.05, 3.63) is 65.2 Å². The third-order valence-electron chi connectivity index (χ3n) is 4.27. The predicted molar refractivity (Wildman–Crippen MR) is 136 cm³/mol. The third kappa shape index (κ3) is 8.39. The molecule has 1 amide bonds. The SMILES string of the molecule is CCOC(=O)CCSCc1csc(NC(=O)c2cc(Oc3ccccc3)cc(OC(C)C)c2)n1. The Bertz CT molecular complexity index is 1090. The summed E-state index contributed by atoms with van der Waals surface area (Å²) in [6, 6.07) is 14.5. The summed E-state index contributed by atoms with van der Waals surface area (Å²) in [6.45, 7) is 6.03. The zero-order chi connectivity index (χ0) is 24.3. The molecular formula is C25H28N2O5S2. The predicted octanol–water partition coefficient (Wildman–Crippen LogP) is 6.16. The number of para-hydroxylation sites is 1. The van der Waals surface area contributed by atoms with Crippen molar-refractivity contribution in [2.45, 2.75) is 39.0 Å². The highest BCUT2D eigenvalue weighted by Gasteiger charge is 2.14. The topological polar surface area (TPSA) is 86.8 Å². The normalized spacial score (nSPS) is 10.7. The summed E-state index contributed by atoms with van der Waals surface area (Å²) < 4.78 is 16.7. The van der Waals surface area contributed by atoms with Crippen molar-refractivity contribution >= 4 is 40.1 Å². The first-order valence-electron chi connectivity index (χ1n) is 11.0. The molecule has 0 aliphatic heterocycles. The molecule has 9 heteroatoms. The van der Waals surface area contributed by atoms with Crippen molar-refractivity contribution in [3.8, 4) is 17.2 Å². The Morgan fingerprint density at radius 3 is 2.59 bits per heavy atom. The molecule has 34 heavy (non-hydrogen) atoms. The van der Waals surface area contributed by atoms with E-state index in [-0.39, 0.29) is 18.0 Å². The average Bonchev–Trinajstić information content (AvgIpc) is 3.24. The van der Waals surface area contributed by atoms with E-state index >= 15 is 0 Å². The maximum absolute atomic E-state index is 13.0. The molecule has 0 aliphatic carbocycles. The van der Waals surface area contributed by atoms with Crippen LogP contribution in [0, 0.1) is 0 Å². The van der Waals surface area contributed by atoms with Gasteiger partial charge >= 0.3 is 5.97 Å². The van der Waals surface area contributed by atoms with Crippen LogP contribution in [0.4, 0.5) is 5.13 Å². The highest BCUT2D eigenvalue weighted by Crippen LogP contribution is 2.29. The Balaban J connectivity index is 1.63. The Labute approximate surface area is 207 Å². The highest BCUT2D eigenvalue weighted by molar-refractivity contribution is 7.98. The zero-order valence-corrected chi connectivity index (χ0v) is 21.0. The van der Waals surface area contributed by atoms with Crippen LogP contribution in [0.1, 0.15) is 43.2 Å². The highest BCUT2D eigenvalue weighted by atomic mass is 32.2. The van der Waals surface area contributed by atoms with Gasteiger partial charge in [-0.3, -0.25) is 14.9 Å². The number of thiazole rings is 1. The molecule has 0 unspecified atom stereocenters. The molecule has 1 N–H and O–H groups in total. The second-order valence-electron chi connectivity index (χ2n) is 7.48. The van der Waals surface area contributed by atoms with E-state index in [0.29, 0.717) is 52.5 Å². The number of rotatable bonds is 12. The van der Waals surface area contributed by atoms with Gasteiger partial charge in [0.1, 0.15) is 17.2 Å². The van der Waals surface area contributed by atoms with Crippen LogP contribution in [-0.2, 0) is 15.3 Å². The summed E-state index contributed by atoms with van der Waals surface area (Å²) in [7, 11) is 0. The molecule has 0 radical (unpaired) electrons. The quantitative estimate of drug-likeness (QED) is 0.235. The molecule has 3 rings (SSSR count). The molecule has 180 valence electrons. The van der Waals surface area contributed by atoms with E-state index in [4.69, 9.17) is 14.2 Å². The number of nitrogens with zero attached hydrogens (tertiary/aromatic N) is 1. The van der Waals surface area contributed by atoms with Crippen LogP contribution in [0.5, 0.6) is 17.2 Å². The first kappa shape index (κ1) is 25.6. The second-order valence-corrected chi connectivity index (χ2v) is 9.44. The number of hydrogen-bond donors (Lipinski definition) is 1. The van der Waals surface area contributed by atoms with Crippen molar-refractivity contribution in [3.63, 3.8) is 0 Å². The van der Waals surface area contributed by atoms with Crippen molar-refractivity contribution in [2.24, 2.45) is 0 Å². The van der Waals surface area contributed by atoms with Gasteiger partial charge in [-0.1, -0.05) is 18.2 Å². The molecule has 0 atom stereocenters. The van der Waals surface area contributed by atoms with Gasteiger partial charge in [0.05, 0.1) is 24.8 Å². The summed E-state index contributed by atoms with van der Waals surface area (Å²) in [5.74, 6) is 2.53. The summed E-state index contributed by atoms with van der Waals surface area (Å²) in [5, 5.41) is 5.25. The lowest BCUT2D eigenvalue weighted by atomic mass is 10.2. The van der Waals surface area contributed by atoms with Crippen LogP contribution in [0.2, 0.25) is 0 Å². The molecule has 0 bridgehead atoms. The Kier molecular flexibility index (Phi) is 9.78. The number of carbonyl (C=O) groups is 2. The van der Waals surface area contributed by atoms with Crippen molar-refractivity contribution in [1.29, 1.82) is 0 Å². The van der Waals surface area contributed by atoms with E-state index in [1.54, 1.807) is 36.9 Å². The number of esters is 1. The molecular weight excluding hydrogens is 472 g/mol. The van der Waals surface area contributed by atoms with Crippen LogP contribution in [0.25, 0.3) is 0 Å². The van der Waals surface area contributed by atoms with Gasteiger partial charge in [-0.05, 0) is 45.0 Å². The maximum Gasteiger partial charge on any atom is 0.306 e. The van der Waals surface area contributed by atoms with Gasteiger partial charge in [0, 0.05) is 28.5 Å². The third-order valence-corrected chi connectivity index (χ3v) is 6.07. The van der Waals surface area contributed by atoms with Gasteiger partial charge in [-0.15, -0.1) is 11.3 Å². The lowest BCUT2D eigenvalue weighted by Crippen LogP contribution is -2.13. The molecule has 3 aromatic rings. The Morgan fingerprint density at radius 1 is 1.09 bits per heavy atom. The molecule has 0 saturated heterocycles. The second kappa shape index (κ2) is 13.0. The molecule has 0 fully saturated rings. The van der Waals surface area contributed by atoms with Gasteiger partial charge in [0.2, 0.25) is 0 Å². The minimum absolute atomic E-state index is 0.0502. The molecule has 1 heterocycles.